The number of thioether (sulfide) groups is 1. The Hall–Kier alpha value is -1.47. The van der Waals surface area contributed by atoms with Gasteiger partial charge in [-0.05, 0) is 46.3 Å². The van der Waals surface area contributed by atoms with Gasteiger partial charge in [-0.15, -0.1) is 0 Å². The molecule has 0 saturated carbocycles. The van der Waals surface area contributed by atoms with E-state index in [0.29, 0.717) is 30.1 Å². The molecule has 1 aromatic rings. The predicted octanol–water partition coefficient (Wildman–Crippen LogP) is 3.12. The molecule has 2 amide bonds. The summed E-state index contributed by atoms with van der Waals surface area (Å²) in [6.45, 7) is 5.06. The van der Waals surface area contributed by atoms with Crippen LogP contribution in [0, 0.1) is 5.82 Å². The van der Waals surface area contributed by atoms with E-state index < -0.39 is 5.82 Å². The van der Waals surface area contributed by atoms with Gasteiger partial charge >= 0.3 is 6.03 Å². The number of carbonyl (C=O) groups excluding carboxylic acids is 1. The summed E-state index contributed by atoms with van der Waals surface area (Å²) in [6.07, 6.45) is 2.02. The van der Waals surface area contributed by atoms with Crippen LogP contribution in [0.4, 0.5) is 14.9 Å². The van der Waals surface area contributed by atoms with Crippen molar-refractivity contribution in [2.75, 3.05) is 38.8 Å². The highest BCUT2D eigenvalue weighted by molar-refractivity contribution is 7.99. The number of halogens is 1. The average molecular weight is 355 g/mol. The zero-order valence-corrected chi connectivity index (χ0v) is 15.7. The van der Waals surface area contributed by atoms with Crippen LogP contribution < -0.4 is 10.1 Å². The van der Waals surface area contributed by atoms with Crippen LogP contribution in [0.15, 0.2) is 18.2 Å². The fourth-order valence-electron chi connectivity index (χ4n) is 2.79. The number of benzene rings is 1. The maximum Gasteiger partial charge on any atom is 0.322 e. The minimum Gasteiger partial charge on any atom is -0.491 e. The van der Waals surface area contributed by atoms with Gasteiger partial charge in [-0.1, -0.05) is 0 Å². The molecule has 0 unspecified atom stereocenters. The molecular formula is C17H26FN3O2S. The van der Waals surface area contributed by atoms with Gasteiger partial charge < -0.3 is 19.9 Å². The van der Waals surface area contributed by atoms with Crippen molar-refractivity contribution in [3.63, 3.8) is 0 Å². The Labute approximate surface area is 147 Å². The summed E-state index contributed by atoms with van der Waals surface area (Å²) >= 11 is 1.75. The van der Waals surface area contributed by atoms with Crippen LogP contribution >= 0.6 is 11.8 Å². The van der Waals surface area contributed by atoms with E-state index in [0.717, 1.165) is 0 Å². The van der Waals surface area contributed by atoms with Crippen molar-refractivity contribution in [3.05, 3.63) is 24.0 Å². The molecule has 0 aromatic heterocycles. The van der Waals surface area contributed by atoms with Crippen LogP contribution in [0.5, 0.6) is 5.75 Å². The van der Waals surface area contributed by atoms with Gasteiger partial charge in [0.1, 0.15) is 11.6 Å². The van der Waals surface area contributed by atoms with Gasteiger partial charge in [0, 0.05) is 30.4 Å². The Morgan fingerprint density at radius 3 is 2.62 bits per heavy atom. The number of likely N-dealkylation sites (N-methyl/N-ethyl adjacent to an activating group) is 1. The Balaban J connectivity index is 2.02. The summed E-state index contributed by atoms with van der Waals surface area (Å²) in [5, 5.41) is 3.02. The van der Waals surface area contributed by atoms with E-state index in [4.69, 9.17) is 4.74 Å². The molecule has 0 radical (unpaired) electrons. The van der Waals surface area contributed by atoms with Gasteiger partial charge in [0.2, 0.25) is 0 Å². The first-order valence-electron chi connectivity index (χ1n) is 8.03. The molecule has 2 rings (SSSR count). The predicted molar refractivity (Wildman–Crippen MR) is 97.5 cm³/mol. The van der Waals surface area contributed by atoms with Gasteiger partial charge in [-0.25, -0.2) is 9.18 Å². The molecule has 1 heterocycles. The fraction of sp³-hybridized carbons (Fsp3) is 0.588. The zero-order valence-electron chi connectivity index (χ0n) is 14.9. The number of likely N-dealkylation sites (tertiary alicyclic amines) is 1. The number of carbonyl (C=O) groups is 1. The zero-order chi connectivity index (χ0) is 17.9. The van der Waals surface area contributed by atoms with E-state index in [2.05, 4.69) is 16.5 Å². The second kappa shape index (κ2) is 8.07. The van der Waals surface area contributed by atoms with Crippen molar-refractivity contribution in [3.8, 4) is 5.75 Å². The average Bonchev–Trinajstić information content (AvgIpc) is 2.94. The molecule has 1 N–H and O–H groups in total. The Morgan fingerprint density at radius 2 is 2.12 bits per heavy atom. The number of rotatable bonds is 5. The molecule has 0 bridgehead atoms. The van der Waals surface area contributed by atoms with Gasteiger partial charge in [-0.3, -0.25) is 0 Å². The summed E-state index contributed by atoms with van der Waals surface area (Å²) < 4.78 is 19.6. The number of urea groups is 1. The topological polar surface area (TPSA) is 44.8 Å². The van der Waals surface area contributed by atoms with Crippen molar-refractivity contribution < 1.29 is 13.9 Å². The first kappa shape index (κ1) is 18.9. The number of hydrogen-bond acceptors (Lipinski definition) is 4. The quantitative estimate of drug-likeness (QED) is 0.881. The molecule has 1 fully saturated rings. The van der Waals surface area contributed by atoms with Crippen molar-refractivity contribution in [1.82, 2.24) is 9.80 Å². The van der Waals surface area contributed by atoms with E-state index in [9.17, 15) is 9.18 Å². The van der Waals surface area contributed by atoms with E-state index >= 15 is 0 Å². The lowest BCUT2D eigenvalue weighted by molar-refractivity contribution is 0.216. The van der Waals surface area contributed by atoms with Crippen LogP contribution in [0.3, 0.4) is 0 Å². The maximum atomic E-state index is 14.2. The molecular weight excluding hydrogens is 329 g/mol. The number of nitrogens with zero attached hydrogens (tertiary/aromatic N) is 2. The first-order valence-corrected chi connectivity index (χ1v) is 9.32. The molecule has 1 aromatic carbocycles. The highest BCUT2D eigenvalue weighted by Crippen LogP contribution is 2.26. The number of hydrogen-bond donors (Lipinski definition) is 1. The standard InChI is InChI=1S/C17H26FN3O2S/c1-11(2)23-12-6-7-14(13(18)8-12)19-17(22)21-9-15(20(3)4)16(10-21)24-5/h6-8,11,15-16H,9-10H2,1-5H3,(H,19,22)/t15-,16+/m0/s1. The van der Waals surface area contributed by atoms with Gasteiger partial charge in [0.05, 0.1) is 11.8 Å². The third kappa shape index (κ3) is 4.54. The first-order chi connectivity index (χ1) is 11.3. The Bertz CT molecular complexity index is 583. The van der Waals surface area contributed by atoms with Crippen molar-refractivity contribution >= 4 is 23.5 Å². The molecule has 134 valence electrons. The molecule has 24 heavy (non-hydrogen) atoms. The lowest BCUT2D eigenvalue weighted by atomic mass is 10.2. The minimum absolute atomic E-state index is 0.0270. The van der Waals surface area contributed by atoms with E-state index in [1.165, 1.54) is 12.1 Å². The monoisotopic (exact) mass is 355 g/mol. The largest absolute Gasteiger partial charge is 0.491 e. The molecule has 5 nitrogen and oxygen atoms in total. The smallest absolute Gasteiger partial charge is 0.322 e. The second-order valence-electron chi connectivity index (χ2n) is 6.45. The lowest BCUT2D eigenvalue weighted by Gasteiger charge is -2.23. The lowest BCUT2D eigenvalue weighted by Crippen LogP contribution is -2.38. The van der Waals surface area contributed by atoms with Crippen LogP contribution in [-0.4, -0.2) is 66.7 Å². The number of amides is 2. The number of nitrogens with one attached hydrogen (secondary N) is 1. The third-order valence-corrected chi connectivity index (χ3v) is 5.11. The van der Waals surface area contributed by atoms with Gasteiger partial charge in [0.15, 0.2) is 0 Å². The molecule has 7 heteroatoms. The maximum absolute atomic E-state index is 14.2. The molecule has 1 aliphatic rings. The molecule has 0 aliphatic carbocycles. The Morgan fingerprint density at radius 1 is 1.42 bits per heavy atom. The van der Waals surface area contributed by atoms with Gasteiger partial charge in [0.25, 0.3) is 0 Å². The van der Waals surface area contributed by atoms with Crippen molar-refractivity contribution in [2.24, 2.45) is 0 Å². The van der Waals surface area contributed by atoms with Gasteiger partial charge in [-0.2, -0.15) is 11.8 Å². The van der Waals surface area contributed by atoms with E-state index in [-0.39, 0.29) is 17.8 Å². The van der Waals surface area contributed by atoms with Crippen LogP contribution in [0.2, 0.25) is 0 Å². The van der Waals surface area contributed by atoms with Crippen molar-refractivity contribution in [1.29, 1.82) is 0 Å². The molecule has 2 atom stereocenters. The summed E-state index contributed by atoms with van der Waals surface area (Å²) in [6, 6.07) is 4.53. The van der Waals surface area contributed by atoms with Crippen LogP contribution in [0.25, 0.3) is 0 Å². The van der Waals surface area contributed by atoms with Crippen LogP contribution in [0.1, 0.15) is 13.8 Å². The normalized spacial score (nSPS) is 20.8. The van der Waals surface area contributed by atoms with E-state index in [1.54, 1.807) is 22.7 Å². The molecule has 1 saturated heterocycles. The summed E-state index contributed by atoms with van der Waals surface area (Å²) in [5.74, 6) is -0.0388. The van der Waals surface area contributed by atoms with Crippen molar-refractivity contribution in [2.45, 2.75) is 31.2 Å². The SMILES string of the molecule is CS[C@@H]1CN(C(=O)Nc2ccc(OC(C)C)cc2F)C[C@@H]1N(C)C. The molecule has 0 spiro atoms. The minimum atomic E-state index is -0.494. The molecule has 1 aliphatic heterocycles. The van der Waals surface area contributed by atoms with Crippen LogP contribution in [-0.2, 0) is 0 Å². The summed E-state index contributed by atoms with van der Waals surface area (Å²) in [7, 11) is 4.03. The highest BCUT2D eigenvalue weighted by atomic mass is 32.2. The second-order valence-corrected chi connectivity index (χ2v) is 7.53. The third-order valence-electron chi connectivity index (χ3n) is 4.04. The van der Waals surface area contributed by atoms with E-state index in [1.807, 2.05) is 27.9 Å². The summed E-state index contributed by atoms with van der Waals surface area (Å²) in [4.78, 5) is 16.3. The highest BCUT2D eigenvalue weighted by Gasteiger charge is 2.36. The summed E-state index contributed by atoms with van der Waals surface area (Å²) in [5.41, 5.74) is 0.171. The Kier molecular flexibility index (Phi) is 6.34. The number of anilines is 1. The number of ether oxygens (including phenoxy) is 1. The fourth-order valence-corrected chi connectivity index (χ4v) is 3.76.